The maximum atomic E-state index is 9.56. The van der Waals surface area contributed by atoms with E-state index in [1.807, 2.05) is 0 Å². The van der Waals surface area contributed by atoms with Crippen LogP contribution in [0.25, 0.3) is 16.0 Å². The van der Waals surface area contributed by atoms with E-state index in [1.165, 1.54) is 121 Å². The molecule has 1 fully saturated rings. The van der Waals surface area contributed by atoms with Crippen LogP contribution in [0.3, 0.4) is 0 Å². The van der Waals surface area contributed by atoms with Crippen LogP contribution in [0.15, 0.2) is 0 Å². The molecule has 10 heteroatoms. The zero-order chi connectivity index (χ0) is 25.9. The van der Waals surface area contributed by atoms with E-state index in [2.05, 4.69) is 18.0 Å². The zero-order valence-electron chi connectivity index (χ0n) is 22.0. The smallest absolute Gasteiger partial charge is 0.373 e. The van der Waals surface area contributed by atoms with E-state index in [0.717, 1.165) is 19.3 Å². The second-order valence-electron chi connectivity index (χ2n) is 8.84. The van der Waals surface area contributed by atoms with Crippen molar-refractivity contribution >= 4 is 10.4 Å². The van der Waals surface area contributed by atoms with Gasteiger partial charge in [-0.05, 0) is 20.3 Å². The van der Waals surface area contributed by atoms with Gasteiger partial charge in [-0.1, -0.05) is 90.4 Å². The summed E-state index contributed by atoms with van der Waals surface area (Å²) >= 11 is 0. The van der Waals surface area contributed by atoms with Crippen molar-refractivity contribution in [3.63, 3.8) is 0 Å². The molecule has 0 aromatic carbocycles. The minimum Gasteiger partial charge on any atom is -0.373 e. The molecule has 1 saturated heterocycles. The van der Waals surface area contributed by atoms with E-state index >= 15 is 0 Å². The maximum absolute atomic E-state index is 9.56. The van der Waals surface area contributed by atoms with Crippen molar-refractivity contribution in [3.05, 3.63) is 16.0 Å². The van der Waals surface area contributed by atoms with Gasteiger partial charge in [-0.2, -0.15) is 8.42 Å². The molecule has 9 nitrogen and oxygen atoms in total. The van der Waals surface area contributed by atoms with Crippen LogP contribution in [0.1, 0.15) is 117 Å². The van der Waals surface area contributed by atoms with E-state index in [1.54, 1.807) is 4.90 Å². The van der Waals surface area contributed by atoms with E-state index in [4.69, 9.17) is 20.4 Å². The summed E-state index contributed by atoms with van der Waals surface area (Å²) in [6.45, 7) is 10.5. The van der Waals surface area contributed by atoms with Gasteiger partial charge >= 0.3 is 10.4 Å². The summed E-state index contributed by atoms with van der Waals surface area (Å²) in [6, 6.07) is 0.779. The van der Waals surface area contributed by atoms with Crippen molar-refractivity contribution < 1.29 is 26.8 Å². The molecule has 34 heavy (non-hydrogen) atoms. The third-order valence-electron chi connectivity index (χ3n) is 6.09. The van der Waals surface area contributed by atoms with E-state index in [9.17, 15) is 8.42 Å². The Morgan fingerprint density at radius 1 is 0.882 bits per heavy atom. The zero-order valence-corrected chi connectivity index (χ0v) is 22.9. The number of hydrogen-bond acceptors (Lipinski definition) is 4. The fourth-order valence-corrected chi connectivity index (χ4v) is 4.54. The molecule has 1 heterocycles. The summed E-state index contributed by atoms with van der Waals surface area (Å²) in [5.74, 6) is 0. The fraction of sp³-hybridized carbons (Fsp3) is 1.00. The highest BCUT2D eigenvalue weighted by atomic mass is 32.3. The third kappa shape index (κ3) is 27.3. The molecular weight excluding hydrogens is 456 g/mol. The van der Waals surface area contributed by atoms with Crippen LogP contribution in [0, 0.1) is 0 Å². The normalized spacial score (nSPS) is 17.6. The standard InChI is InChI=1S/C22H45NO.C2H6O4S.N3/c1-3-5-6-7-8-9-10-11-12-13-14-15-16-17-18-22-21-24-20-19-23(22)4-2;1-2-6-7(3,4)5;1-3-2/h22H,3-21H2,1-2H3;2H2,1H3,(H,3,4,5);/q;;-1/p+1. The Balaban J connectivity index is 0. The molecule has 1 rings (SSSR count). The highest BCUT2D eigenvalue weighted by molar-refractivity contribution is 7.80. The first-order valence-corrected chi connectivity index (χ1v) is 14.7. The van der Waals surface area contributed by atoms with E-state index < -0.39 is 10.4 Å². The lowest BCUT2D eigenvalue weighted by molar-refractivity contribution is -0.932. The fourth-order valence-electron chi connectivity index (χ4n) is 4.24. The maximum Gasteiger partial charge on any atom is 0.397 e. The molecule has 0 spiro atoms. The molecule has 0 bridgehead atoms. The number of unbranched alkanes of at least 4 members (excludes halogenated alkanes) is 13. The molecule has 2 unspecified atom stereocenters. The van der Waals surface area contributed by atoms with Crippen molar-refractivity contribution in [2.24, 2.45) is 0 Å². The Morgan fingerprint density at radius 2 is 1.32 bits per heavy atom. The van der Waals surface area contributed by atoms with Gasteiger partial charge in [0.1, 0.15) is 12.6 Å². The topological polar surface area (TPSA) is 136 Å². The van der Waals surface area contributed by atoms with Crippen LogP contribution < -0.4 is 4.90 Å². The Morgan fingerprint density at radius 3 is 1.68 bits per heavy atom. The number of likely N-dealkylation sites (N-methyl/N-ethyl adjacent to an activating group) is 1. The number of rotatable bonds is 18. The first-order valence-electron chi connectivity index (χ1n) is 13.4. The molecule has 0 radical (unpaired) electrons. The molecule has 0 aromatic rings. The highest BCUT2D eigenvalue weighted by Gasteiger charge is 2.24. The average Bonchev–Trinajstić information content (AvgIpc) is 2.80. The summed E-state index contributed by atoms with van der Waals surface area (Å²) in [5.41, 5.74) is 13.5. The summed E-state index contributed by atoms with van der Waals surface area (Å²) in [4.78, 5) is 3.27. The first-order chi connectivity index (χ1) is 16.4. The predicted octanol–water partition coefficient (Wildman–Crippen LogP) is 5.85. The molecule has 0 amide bonds. The molecule has 1 aliphatic rings. The van der Waals surface area contributed by atoms with Crippen LogP contribution in [0.5, 0.6) is 0 Å². The quantitative estimate of drug-likeness (QED) is 0.0786. The Bertz CT molecular complexity index is 558. The molecule has 0 saturated carbocycles. The number of nitrogens with zero attached hydrogens (tertiary/aromatic N) is 3. The van der Waals surface area contributed by atoms with Crippen molar-refractivity contribution in [2.45, 2.75) is 123 Å². The second kappa shape index (κ2) is 26.7. The van der Waals surface area contributed by atoms with Gasteiger partial charge in [0.05, 0.1) is 26.4 Å². The van der Waals surface area contributed by atoms with Crippen LogP contribution >= 0.6 is 0 Å². The van der Waals surface area contributed by atoms with Crippen molar-refractivity contribution in [2.75, 3.05) is 32.9 Å². The van der Waals surface area contributed by atoms with Gasteiger partial charge in [0.25, 0.3) is 0 Å². The van der Waals surface area contributed by atoms with Gasteiger partial charge in [-0.15, -0.1) is 0 Å². The van der Waals surface area contributed by atoms with Gasteiger partial charge in [0.2, 0.25) is 0 Å². The van der Waals surface area contributed by atoms with Crippen LogP contribution in [0.2, 0.25) is 0 Å². The minimum absolute atomic E-state index is 0.0289. The lowest BCUT2D eigenvalue weighted by Crippen LogP contribution is -3.17. The minimum atomic E-state index is -4.17. The van der Waals surface area contributed by atoms with Gasteiger partial charge < -0.3 is 20.7 Å². The molecular formula is C24H52N4O5S. The van der Waals surface area contributed by atoms with Gasteiger partial charge in [-0.3, -0.25) is 9.46 Å². The summed E-state index contributed by atoms with van der Waals surface area (Å²) in [5, 5.41) is 0. The molecule has 204 valence electrons. The molecule has 0 aromatic heterocycles. The summed E-state index contributed by atoms with van der Waals surface area (Å²) in [6.07, 6.45) is 21.7. The largest absolute Gasteiger partial charge is 0.397 e. The van der Waals surface area contributed by atoms with Crippen LogP contribution in [-0.2, 0) is 19.3 Å². The number of morpholine rings is 1. The average molecular weight is 509 g/mol. The van der Waals surface area contributed by atoms with Crippen LogP contribution in [0.4, 0.5) is 0 Å². The van der Waals surface area contributed by atoms with E-state index in [-0.39, 0.29) is 6.61 Å². The molecule has 2 atom stereocenters. The summed E-state index contributed by atoms with van der Waals surface area (Å²) < 4.78 is 36.3. The monoisotopic (exact) mass is 508 g/mol. The number of ether oxygens (including phenoxy) is 1. The lowest BCUT2D eigenvalue weighted by atomic mass is 10.0. The first kappa shape index (κ1) is 35.3. The van der Waals surface area contributed by atoms with Crippen LogP contribution in [-0.4, -0.2) is 51.9 Å². The Labute approximate surface area is 209 Å². The highest BCUT2D eigenvalue weighted by Crippen LogP contribution is 2.13. The van der Waals surface area contributed by atoms with Crippen molar-refractivity contribution in [1.29, 1.82) is 0 Å². The van der Waals surface area contributed by atoms with Gasteiger partial charge in [-0.25, -0.2) is 4.18 Å². The third-order valence-corrected chi connectivity index (χ3v) is 6.62. The molecule has 2 N–H and O–H groups in total. The SMILES string of the molecule is CCCCCCCCCCCCCCCCC1COCC[NH+]1CC.CCOS(=O)(=O)O.[N-]=[N+]=[N-]. The van der Waals surface area contributed by atoms with E-state index in [0.29, 0.717) is 0 Å². The van der Waals surface area contributed by atoms with Crippen molar-refractivity contribution in [1.82, 2.24) is 0 Å². The van der Waals surface area contributed by atoms with Gasteiger partial charge in [0, 0.05) is 6.42 Å². The molecule has 0 aliphatic carbocycles. The van der Waals surface area contributed by atoms with Crippen molar-refractivity contribution in [3.8, 4) is 0 Å². The Hall–Kier alpha value is -0.900. The molecule has 1 aliphatic heterocycles. The lowest BCUT2D eigenvalue weighted by Gasteiger charge is -2.31. The van der Waals surface area contributed by atoms with Gasteiger partial charge in [0.15, 0.2) is 0 Å². The Kier molecular flexibility index (Phi) is 27.7. The number of nitrogens with one attached hydrogen (secondary N) is 1. The predicted molar refractivity (Wildman–Crippen MR) is 139 cm³/mol. The second-order valence-corrected chi connectivity index (χ2v) is 9.93. The number of hydrogen-bond donors (Lipinski definition) is 2. The summed E-state index contributed by atoms with van der Waals surface area (Å²) in [7, 11) is -4.17. The number of quaternary nitrogens is 1.